The molecular weight excluding hydrogens is 534 g/mol. The maximum atomic E-state index is 13.8. The molecule has 0 saturated heterocycles. The van der Waals surface area contributed by atoms with Crippen LogP contribution in [0.4, 0.5) is 0 Å². The number of ketones is 1. The van der Waals surface area contributed by atoms with E-state index in [-0.39, 0.29) is 23.6 Å². The summed E-state index contributed by atoms with van der Waals surface area (Å²) in [5.74, 6) is -0.652. The fourth-order valence-electron chi connectivity index (χ4n) is 5.85. The van der Waals surface area contributed by atoms with Crippen molar-refractivity contribution in [1.82, 2.24) is 5.32 Å². The summed E-state index contributed by atoms with van der Waals surface area (Å²) in [6.45, 7) is 4.08. The molecule has 7 heteroatoms. The number of rotatable bonds is 6. The third-order valence-electron chi connectivity index (χ3n) is 7.58. The highest BCUT2D eigenvalue weighted by atomic mass is 79.9. The van der Waals surface area contributed by atoms with E-state index in [1.807, 2.05) is 32.0 Å². The molecule has 1 aliphatic heterocycles. The highest BCUT2D eigenvalue weighted by molar-refractivity contribution is 9.10. The van der Waals surface area contributed by atoms with Crippen LogP contribution in [0.5, 0.6) is 11.5 Å². The van der Waals surface area contributed by atoms with Crippen molar-refractivity contribution < 1.29 is 24.2 Å². The van der Waals surface area contributed by atoms with Crippen LogP contribution in [0.1, 0.15) is 75.3 Å². The van der Waals surface area contributed by atoms with Crippen molar-refractivity contribution >= 4 is 27.7 Å². The molecule has 0 unspecified atom stereocenters. The lowest BCUT2D eigenvalue weighted by Crippen LogP contribution is -2.36. The summed E-state index contributed by atoms with van der Waals surface area (Å²) in [6.07, 6.45) is 4.76. The fourth-order valence-corrected chi connectivity index (χ4v) is 6.31. The minimum atomic E-state index is -0.620. The Morgan fingerprint density at radius 1 is 1.11 bits per heavy atom. The number of benzene rings is 2. The minimum absolute atomic E-state index is 0.00780. The average molecular weight is 566 g/mol. The van der Waals surface area contributed by atoms with Gasteiger partial charge in [0.2, 0.25) is 0 Å². The van der Waals surface area contributed by atoms with Gasteiger partial charge in [-0.05, 0) is 91.1 Å². The summed E-state index contributed by atoms with van der Waals surface area (Å²) in [5.41, 5.74) is 4.39. The molecule has 2 aromatic carbocycles. The van der Waals surface area contributed by atoms with Crippen molar-refractivity contribution in [1.29, 1.82) is 0 Å². The molecule has 2 aliphatic carbocycles. The first-order valence-corrected chi connectivity index (χ1v) is 13.8. The first-order valence-electron chi connectivity index (χ1n) is 13.0. The van der Waals surface area contributed by atoms with Crippen molar-refractivity contribution in [2.75, 3.05) is 6.61 Å². The number of Topliss-reactive ketones (excluding diaryl/α,β-unsaturated/α-hetero) is 1. The number of ether oxygens (including phenoxy) is 2. The molecule has 0 radical (unpaired) electrons. The molecule has 6 nitrogen and oxygen atoms in total. The molecule has 1 heterocycles. The zero-order valence-electron chi connectivity index (χ0n) is 21.2. The summed E-state index contributed by atoms with van der Waals surface area (Å²) in [5, 5.41) is 14.0. The molecule has 1 fully saturated rings. The Hall–Kier alpha value is -3.06. The predicted octanol–water partition coefficient (Wildman–Crippen LogP) is 6.40. The van der Waals surface area contributed by atoms with Crippen LogP contribution in [0.3, 0.4) is 0 Å². The molecule has 2 atom stereocenters. The first-order chi connectivity index (χ1) is 17.9. The maximum absolute atomic E-state index is 13.8. The van der Waals surface area contributed by atoms with E-state index in [1.54, 1.807) is 12.1 Å². The van der Waals surface area contributed by atoms with Gasteiger partial charge in [-0.2, -0.15) is 0 Å². The Bertz CT molecular complexity index is 1280. The Morgan fingerprint density at radius 3 is 2.54 bits per heavy atom. The zero-order valence-corrected chi connectivity index (χ0v) is 22.8. The molecule has 0 spiro atoms. The van der Waals surface area contributed by atoms with Crippen LogP contribution in [0.2, 0.25) is 0 Å². The number of allylic oxidation sites excluding steroid dienone is 3. The number of nitrogens with one attached hydrogen (secondary N) is 1. The zero-order chi connectivity index (χ0) is 26.1. The molecule has 194 valence electrons. The number of carbonyl (C=O) groups excluding carboxylic acids is 2. The lowest BCUT2D eigenvalue weighted by atomic mass is 9.71. The monoisotopic (exact) mass is 565 g/mol. The summed E-state index contributed by atoms with van der Waals surface area (Å²) < 4.78 is 12.1. The number of esters is 1. The van der Waals surface area contributed by atoms with Gasteiger partial charge in [0.25, 0.3) is 0 Å². The Kier molecular flexibility index (Phi) is 7.43. The average Bonchev–Trinajstić information content (AvgIpc) is 3.39. The topological polar surface area (TPSA) is 84.9 Å². The van der Waals surface area contributed by atoms with E-state index < -0.39 is 11.9 Å². The van der Waals surface area contributed by atoms with E-state index in [4.69, 9.17) is 9.47 Å². The van der Waals surface area contributed by atoms with Crippen LogP contribution < -0.4 is 10.1 Å². The van der Waals surface area contributed by atoms with Gasteiger partial charge in [-0.3, -0.25) is 4.79 Å². The molecule has 2 aromatic rings. The van der Waals surface area contributed by atoms with Crippen molar-refractivity contribution in [3.63, 3.8) is 0 Å². The highest BCUT2D eigenvalue weighted by Gasteiger charge is 2.42. The first kappa shape index (κ1) is 25.6. The van der Waals surface area contributed by atoms with E-state index in [0.717, 1.165) is 36.9 Å². The molecule has 0 aromatic heterocycles. The third-order valence-corrected chi connectivity index (χ3v) is 8.18. The number of phenols is 1. The Morgan fingerprint density at radius 2 is 1.84 bits per heavy atom. The van der Waals surface area contributed by atoms with Gasteiger partial charge in [-0.25, -0.2) is 4.79 Å². The molecule has 0 amide bonds. The second-order valence-electron chi connectivity index (χ2n) is 10.0. The Balaban J connectivity index is 1.60. The van der Waals surface area contributed by atoms with Gasteiger partial charge in [-0.1, -0.05) is 30.3 Å². The maximum Gasteiger partial charge on any atom is 0.337 e. The standard InChI is InChI=1S/C30H32BrNO5/c1-3-36-25-16-20(13-22(31)29(25)34)27-26(30(35)37-21-11-7-8-12-21)17(2)32-23-14-19(15-24(33)28(23)27)18-9-5-4-6-10-18/h4-6,9-10,13,16,19,21,27,32,34H,3,7-8,11-12,14-15H2,1-2H3/t19-,27+/m0/s1. The number of halogens is 1. The number of phenolic OH excluding ortho intramolecular Hbond substituents is 1. The van der Waals surface area contributed by atoms with Gasteiger partial charge in [0, 0.05) is 29.3 Å². The molecule has 0 bridgehead atoms. The Labute approximate surface area is 225 Å². The van der Waals surface area contributed by atoms with Crippen molar-refractivity contribution in [2.24, 2.45) is 0 Å². The second-order valence-corrected chi connectivity index (χ2v) is 10.9. The smallest absolute Gasteiger partial charge is 0.337 e. The normalized spacial score (nSPS) is 22.1. The molecular formula is C30H32BrNO5. The quantitative estimate of drug-likeness (QED) is 0.394. The van der Waals surface area contributed by atoms with Gasteiger partial charge >= 0.3 is 5.97 Å². The van der Waals surface area contributed by atoms with Gasteiger partial charge < -0.3 is 19.9 Å². The second kappa shape index (κ2) is 10.7. The van der Waals surface area contributed by atoms with E-state index in [9.17, 15) is 14.7 Å². The molecule has 3 aliphatic rings. The van der Waals surface area contributed by atoms with Gasteiger partial charge in [-0.15, -0.1) is 0 Å². The van der Waals surface area contributed by atoms with Crippen LogP contribution in [-0.2, 0) is 14.3 Å². The van der Waals surface area contributed by atoms with Gasteiger partial charge in [0.1, 0.15) is 6.10 Å². The largest absolute Gasteiger partial charge is 0.503 e. The van der Waals surface area contributed by atoms with Gasteiger partial charge in [0.05, 0.1) is 16.7 Å². The summed E-state index contributed by atoms with van der Waals surface area (Å²) in [6, 6.07) is 13.6. The summed E-state index contributed by atoms with van der Waals surface area (Å²) in [4.78, 5) is 27.4. The van der Waals surface area contributed by atoms with Gasteiger partial charge in [0.15, 0.2) is 17.3 Å². The van der Waals surface area contributed by atoms with Crippen molar-refractivity contribution in [3.8, 4) is 11.5 Å². The molecule has 1 saturated carbocycles. The predicted molar refractivity (Wildman–Crippen MR) is 144 cm³/mol. The number of carbonyl (C=O) groups is 2. The number of dihydropyridines is 1. The number of hydrogen-bond acceptors (Lipinski definition) is 6. The van der Waals surface area contributed by atoms with Crippen LogP contribution in [0.15, 0.2) is 69.5 Å². The van der Waals surface area contributed by atoms with E-state index in [0.29, 0.717) is 52.1 Å². The van der Waals surface area contributed by atoms with Crippen LogP contribution in [0, 0.1) is 0 Å². The lowest BCUT2D eigenvalue weighted by molar-refractivity contribution is -0.144. The molecule has 5 rings (SSSR count). The molecule has 2 N–H and O–H groups in total. The van der Waals surface area contributed by atoms with Crippen LogP contribution in [-0.4, -0.2) is 29.6 Å². The number of aromatic hydroxyl groups is 1. The number of hydrogen-bond donors (Lipinski definition) is 2. The van der Waals surface area contributed by atoms with Crippen LogP contribution in [0.25, 0.3) is 0 Å². The van der Waals surface area contributed by atoms with Crippen molar-refractivity contribution in [2.45, 2.75) is 70.3 Å². The summed E-state index contributed by atoms with van der Waals surface area (Å²) >= 11 is 3.44. The SMILES string of the molecule is CCOc1cc([C@@H]2C(C(=O)OC3CCCC3)=C(C)NC3=C2C(=O)C[C@@H](c2ccccc2)C3)cc(Br)c1O. The minimum Gasteiger partial charge on any atom is -0.503 e. The lowest BCUT2D eigenvalue weighted by Gasteiger charge is -2.37. The van der Waals surface area contributed by atoms with E-state index >= 15 is 0 Å². The summed E-state index contributed by atoms with van der Waals surface area (Å²) in [7, 11) is 0. The fraction of sp³-hybridized carbons (Fsp3) is 0.400. The third kappa shape index (κ3) is 5.06. The van der Waals surface area contributed by atoms with E-state index in [2.05, 4.69) is 33.4 Å². The highest BCUT2D eigenvalue weighted by Crippen LogP contribution is 2.48. The molecule has 37 heavy (non-hydrogen) atoms. The van der Waals surface area contributed by atoms with E-state index in [1.165, 1.54) is 0 Å². The van der Waals surface area contributed by atoms with Crippen LogP contribution >= 0.6 is 15.9 Å². The van der Waals surface area contributed by atoms with Crippen molar-refractivity contribution in [3.05, 3.63) is 80.6 Å².